The lowest BCUT2D eigenvalue weighted by atomic mass is 10.0. The number of aryl methyl sites for hydroxylation is 1. The van der Waals surface area contributed by atoms with Gasteiger partial charge in [-0.15, -0.1) is 0 Å². The average Bonchev–Trinajstić information content (AvgIpc) is 2.74. The molecule has 0 spiro atoms. The molecule has 0 radical (unpaired) electrons. The molecule has 0 bridgehead atoms. The first kappa shape index (κ1) is 12.0. The largest absolute Gasteiger partial charge is 0.393 e. The number of rotatable bonds is 5. The van der Waals surface area contributed by atoms with Crippen LogP contribution in [0.3, 0.4) is 0 Å². The van der Waals surface area contributed by atoms with Crippen molar-refractivity contribution < 1.29 is 9.90 Å². The number of carbonyl (C=O) groups excluding carboxylic acids is 1. The van der Waals surface area contributed by atoms with E-state index in [4.69, 9.17) is 0 Å². The Bertz CT molecular complexity index is 435. The zero-order valence-corrected chi connectivity index (χ0v) is 10.1. The van der Waals surface area contributed by atoms with E-state index in [9.17, 15) is 9.90 Å². The minimum Gasteiger partial charge on any atom is -0.393 e. The predicted octanol–water partition coefficient (Wildman–Crippen LogP) is 2.40. The Balaban J connectivity index is 1.99. The highest BCUT2D eigenvalue weighted by molar-refractivity contribution is 6.09. The van der Waals surface area contributed by atoms with Crippen molar-refractivity contribution >= 4 is 17.7 Å². The van der Waals surface area contributed by atoms with Crippen LogP contribution in [0.25, 0.3) is 0 Å². The van der Waals surface area contributed by atoms with Gasteiger partial charge in [-0.05, 0) is 31.2 Å². The number of aliphatic hydroxyl groups excluding tert-OH is 1. The van der Waals surface area contributed by atoms with E-state index in [2.05, 4.69) is 9.98 Å². The highest BCUT2D eigenvalue weighted by Crippen LogP contribution is 2.29. The molecular weight excluding hydrogens is 216 g/mol. The van der Waals surface area contributed by atoms with Crippen molar-refractivity contribution in [3.63, 3.8) is 0 Å². The van der Waals surface area contributed by atoms with Crippen molar-refractivity contribution in [1.82, 2.24) is 4.98 Å². The molecule has 1 aliphatic rings. The summed E-state index contributed by atoms with van der Waals surface area (Å²) in [4.78, 5) is 18.8. The van der Waals surface area contributed by atoms with E-state index in [1.807, 2.05) is 13.1 Å². The number of H-pyrrole nitrogens is 1. The fourth-order valence-corrected chi connectivity index (χ4v) is 2.06. The van der Waals surface area contributed by atoms with Gasteiger partial charge < -0.3 is 10.1 Å². The zero-order valence-electron chi connectivity index (χ0n) is 10.1. The lowest BCUT2D eigenvalue weighted by Gasteiger charge is -2.08. The molecule has 4 heteroatoms. The fraction of sp³-hybridized carbons (Fsp3) is 0.538. The van der Waals surface area contributed by atoms with Crippen LogP contribution in [0.1, 0.15) is 48.7 Å². The normalized spacial score (nSPS) is 16.0. The van der Waals surface area contributed by atoms with Crippen molar-refractivity contribution in [3.05, 3.63) is 17.5 Å². The van der Waals surface area contributed by atoms with Gasteiger partial charge >= 0.3 is 0 Å². The molecule has 1 aromatic heterocycles. The fourth-order valence-electron chi connectivity index (χ4n) is 2.06. The Morgan fingerprint density at radius 3 is 3.18 bits per heavy atom. The molecular formula is C13H18N2O2. The Morgan fingerprint density at radius 2 is 2.41 bits per heavy atom. The summed E-state index contributed by atoms with van der Waals surface area (Å²) < 4.78 is 0. The molecule has 0 aliphatic carbocycles. The second kappa shape index (κ2) is 5.27. The summed E-state index contributed by atoms with van der Waals surface area (Å²) in [6.45, 7) is 1.98. The molecule has 17 heavy (non-hydrogen) atoms. The molecule has 0 saturated carbocycles. The van der Waals surface area contributed by atoms with Crippen molar-refractivity contribution in [2.45, 2.75) is 45.1 Å². The van der Waals surface area contributed by atoms with E-state index >= 15 is 0 Å². The maximum atomic E-state index is 11.6. The number of aliphatic hydroxyl groups is 1. The number of nitrogens with one attached hydrogen (secondary N) is 1. The molecule has 2 N–H and O–H groups in total. The number of Topliss-reactive ketones (excluding diaryl/α,β-unsaturated/α-hetero) is 1. The van der Waals surface area contributed by atoms with Gasteiger partial charge in [0.1, 0.15) is 5.69 Å². The van der Waals surface area contributed by atoms with Gasteiger partial charge in [0.05, 0.1) is 11.8 Å². The van der Waals surface area contributed by atoms with Crippen LogP contribution in [-0.2, 0) is 6.42 Å². The van der Waals surface area contributed by atoms with Crippen LogP contribution in [0.15, 0.2) is 11.2 Å². The van der Waals surface area contributed by atoms with Crippen molar-refractivity contribution in [3.8, 4) is 0 Å². The molecule has 1 atom stereocenters. The summed E-state index contributed by atoms with van der Waals surface area (Å²) in [6.07, 6.45) is 7.08. The van der Waals surface area contributed by atoms with Gasteiger partial charge in [-0.2, -0.15) is 0 Å². The van der Waals surface area contributed by atoms with E-state index in [-0.39, 0.29) is 11.9 Å². The number of hydrogen-bond donors (Lipinski definition) is 2. The van der Waals surface area contributed by atoms with E-state index in [0.717, 1.165) is 36.9 Å². The number of hydrogen-bond acceptors (Lipinski definition) is 3. The van der Waals surface area contributed by atoms with Gasteiger partial charge in [0.15, 0.2) is 5.78 Å². The van der Waals surface area contributed by atoms with Gasteiger partial charge in [0.25, 0.3) is 0 Å². The van der Waals surface area contributed by atoms with Gasteiger partial charge in [0.2, 0.25) is 0 Å². The molecule has 0 amide bonds. The first-order valence-corrected chi connectivity index (χ1v) is 6.16. The summed E-state index contributed by atoms with van der Waals surface area (Å²) in [6, 6.07) is 0. The van der Waals surface area contributed by atoms with Crippen LogP contribution >= 0.6 is 0 Å². The maximum Gasteiger partial charge on any atom is 0.186 e. The van der Waals surface area contributed by atoms with Crippen LogP contribution in [0.2, 0.25) is 0 Å². The third-order valence-electron chi connectivity index (χ3n) is 3.16. The molecule has 0 fully saturated rings. The second-order valence-electron chi connectivity index (χ2n) is 4.43. The topological polar surface area (TPSA) is 65.4 Å². The number of carbonyl (C=O) groups is 1. The number of ketones is 1. The number of aliphatic imine (C=N–C) groups is 1. The molecule has 0 aromatic carbocycles. The molecule has 0 saturated heterocycles. The summed E-state index contributed by atoms with van der Waals surface area (Å²) in [7, 11) is 0. The Morgan fingerprint density at radius 1 is 1.59 bits per heavy atom. The second-order valence-corrected chi connectivity index (χ2v) is 4.43. The minimum absolute atomic E-state index is 0.106. The molecule has 1 aromatic rings. The first-order chi connectivity index (χ1) is 8.22. The Labute approximate surface area is 101 Å². The van der Waals surface area contributed by atoms with Crippen molar-refractivity contribution in [1.29, 1.82) is 0 Å². The van der Waals surface area contributed by atoms with E-state index < -0.39 is 0 Å². The summed E-state index contributed by atoms with van der Waals surface area (Å²) >= 11 is 0. The smallest absolute Gasteiger partial charge is 0.186 e. The first-order valence-electron chi connectivity index (χ1n) is 6.16. The summed E-state index contributed by atoms with van der Waals surface area (Å²) in [5.41, 5.74) is 2.51. The quantitative estimate of drug-likeness (QED) is 0.821. The molecule has 2 heterocycles. The molecule has 2 rings (SSSR count). The zero-order chi connectivity index (χ0) is 12.3. The van der Waals surface area contributed by atoms with Crippen LogP contribution in [-0.4, -0.2) is 28.2 Å². The third-order valence-corrected chi connectivity index (χ3v) is 3.16. The molecule has 0 unspecified atom stereocenters. The monoisotopic (exact) mass is 234 g/mol. The average molecular weight is 234 g/mol. The molecule has 92 valence electrons. The molecule has 1 aliphatic heterocycles. The van der Waals surface area contributed by atoms with E-state index in [1.54, 1.807) is 6.21 Å². The molecule has 4 nitrogen and oxygen atoms in total. The van der Waals surface area contributed by atoms with E-state index in [0.29, 0.717) is 12.1 Å². The number of fused-ring (bicyclic) bond motifs is 1. The minimum atomic E-state index is -0.213. The van der Waals surface area contributed by atoms with Gasteiger partial charge in [-0.1, -0.05) is 6.92 Å². The lowest BCUT2D eigenvalue weighted by Crippen LogP contribution is -2.05. The van der Waals surface area contributed by atoms with Crippen LogP contribution in [0.4, 0.5) is 5.69 Å². The number of nitrogens with zero attached hydrogens (tertiary/aromatic N) is 1. The Hall–Kier alpha value is -1.42. The van der Waals surface area contributed by atoms with Crippen LogP contribution in [0, 0.1) is 0 Å². The van der Waals surface area contributed by atoms with Crippen molar-refractivity contribution in [2.24, 2.45) is 4.99 Å². The van der Waals surface area contributed by atoms with E-state index in [1.165, 1.54) is 0 Å². The van der Waals surface area contributed by atoms with Gasteiger partial charge in [-0.3, -0.25) is 9.79 Å². The summed E-state index contributed by atoms with van der Waals surface area (Å²) in [5, 5.41) is 9.48. The number of aromatic amines is 1. The van der Waals surface area contributed by atoms with Crippen molar-refractivity contribution in [2.75, 3.05) is 0 Å². The maximum absolute atomic E-state index is 11.6. The lowest BCUT2D eigenvalue weighted by molar-refractivity contribution is 0.0997. The predicted molar refractivity (Wildman–Crippen MR) is 67.1 cm³/mol. The van der Waals surface area contributed by atoms with Crippen LogP contribution in [0.5, 0.6) is 0 Å². The SMILES string of the molecule is CC[C@H](O)CCCc1c[nH]c2c1N=CCC2=O. The third kappa shape index (κ3) is 2.64. The van der Waals surface area contributed by atoms with Crippen LogP contribution < -0.4 is 0 Å². The van der Waals surface area contributed by atoms with Gasteiger partial charge in [-0.25, -0.2) is 0 Å². The van der Waals surface area contributed by atoms with Gasteiger partial charge in [0, 0.05) is 18.8 Å². The summed E-state index contributed by atoms with van der Waals surface area (Å²) in [5.74, 6) is 0.106. The highest BCUT2D eigenvalue weighted by Gasteiger charge is 2.19. The Kier molecular flexibility index (Phi) is 3.74. The number of aromatic nitrogens is 1. The standard InChI is InChI=1S/C13H18N2O2/c1-2-10(16)5-3-4-9-8-15-13-11(17)6-7-14-12(9)13/h7-8,10,15-16H,2-6H2,1H3/t10-/m0/s1. The highest BCUT2D eigenvalue weighted by atomic mass is 16.3.